The largest absolute Gasteiger partial charge is 0.504 e. The van der Waals surface area contributed by atoms with Crippen LogP contribution in [0.2, 0.25) is 0 Å². The number of carbonyl (C=O) groups is 1. The Kier molecular flexibility index (Phi) is 8.32. The Morgan fingerprint density at radius 3 is 2.57 bits per heavy atom. The first-order valence-corrected chi connectivity index (χ1v) is 7.80. The topological polar surface area (TPSA) is 58.6 Å². The van der Waals surface area contributed by atoms with Crippen molar-refractivity contribution in [2.24, 2.45) is 0 Å². The van der Waals surface area contributed by atoms with E-state index in [-0.39, 0.29) is 18.1 Å². The molecule has 4 heteroatoms. The third kappa shape index (κ3) is 7.02. The summed E-state index contributed by atoms with van der Waals surface area (Å²) < 4.78 is 4.97. The molecule has 1 aromatic rings. The van der Waals surface area contributed by atoms with Gasteiger partial charge in [0.2, 0.25) is 5.91 Å². The van der Waals surface area contributed by atoms with Gasteiger partial charge in [0.05, 0.1) is 13.5 Å². The number of ether oxygens (including phenoxy) is 1. The summed E-state index contributed by atoms with van der Waals surface area (Å²) in [5.41, 5.74) is 0.786. The van der Waals surface area contributed by atoms with Crippen molar-refractivity contribution in [3.8, 4) is 11.5 Å². The van der Waals surface area contributed by atoms with E-state index in [0.717, 1.165) is 18.5 Å². The fourth-order valence-electron chi connectivity index (χ4n) is 2.23. The average molecular weight is 293 g/mol. The second kappa shape index (κ2) is 10.1. The van der Waals surface area contributed by atoms with E-state index >= 15 is 0 Å². The summed E-state index contributed by atoms with van der Waals surface area (Å²) in [7, 11) is 1.50. The van der Waals surface area contributed by atoms with Gasteiger partial charge < -0.3 is 15.2 Å². The van der Waals surface area contributed by atoms with Crippen LogP contribution in [0.4, 0.5) is 0 Å². The molecule has 0 spiro atoms. The second-order valence-corrected chi connectivity index (χ2v) is 5.30. The normalized spacial score (nSPS) is 10.4. The molecule has 1 rings (SSSR count). The quantitative estimate of drug-likeness (QED) is 0.650. The van der Waals surface area contributed by atoms with Gasteiger partial charge in [0.1, 0.15) is 0 Å². The number of carbonyl (C=O) groups excluding carboxylic acids is 1. The number of aromatic hydroxyl groups is 1. The highest BCUT2D eigenvalue weighted by atomic mass is 16.5. The molecule has 0 aliphatic rings. The van der Waals surface area contributed by atoms with Crippen LogP contribution in [0.1, 0.15) is 51.0 Å². The zero-order valence-corrected chi connectivity index (χ0v) is 13.2. The molecule has 0 bridgehead atoms. The Bertz CT molecular complexity index is 432. The lowest BCUT2D eigenvalue weighted by atomic mass is 10.1. The molecular formula is C17H27NO3. The highest BCUT2D eigenvalue weighted by Crippen LogP contribution is 2.26. The summed E-state index contributed by atoms with van der Waals surface area (Å²) in [4.78, 5) is 11.8. The lowest BCUT2D eigenvalue weighted by Gasteiger charge is -2.07. The molecule has 1 aromatic carbocycles. The van der Waals surface area contributed by atoms with E-state index in [9.17, 15) is 9.90 Å². The van der Waals surface area contributed by atoms with E-state index in [2.05, 4.69) is 12.2 Å². The van der Waals surface area contributed by atoms with Gasteiger partial charge in [-0.2, -0.15) is 0 Å². The van der Waals surface area contributed by atoms with Crippen molar-refractivity contribution in [2.75, 3.05) is 13.7 Å². The molecule has 1 amide bonds. The first-order chi connectivity index (χ1) is 10.2. The zero-order valence-electron chi connectivity index (χ0n) is 13.2. The van der Waals surface area contributed by atoms with Crippen LogP contribution in [0.3, 0.4) is 0 Å². The fraction of sp³-hybridized carbons (Fsp3) is 0.588. The first-order valence-electron chi connectivity index (χ1n) is 7.80. The molecule has 2 N–H and O–H groups in total. The van der Waals surface area contributed by atoms with Gasteiger partial charge in [0, 0.05) is 6.54 Å². The van der Waals surface area contributed by atoms with E-state index in [1.165, 1.54) is 39.2 Å². The van der Waals surface area contributed by atoms with Crippen molar-refractivity contribution in [1.82, 2.24) is 5.32 Å². The second-order valence-electron chi connectivity index (χ2n) is 5.30. The number of hydrogen-bond acceptors (Lipinski definition) is 3. The Hall–Kier alpha value is -1.71. The van der Waals surface area contributed by atoms with Crippen molar-refractivity contribution in [2.45, 2.75) is 51.9 Å². The lowest BCUT2D eigenvalue weighted by molar-refractivity contribution is -0.120. The van der Waals surface area contributed by atoms with Gasteiger partial charge in [0.15, 0.2) is 11.5 Å². The molecule has 0 aromatic heterocycles. The van der Waals surface area contributed by atoms with Gasteiger partial charge in [0.25, 0.3) is 0 Å². The van der Waals surface area contributed by atoms with E-state index in [1.54, 1.807) is 18.2 Å². The highest BCUT2D eigenvalue weighted by molar-refractivity contribution is 5.78. The molecule has 0 heterocycles. The molecule has 0 unspecified atom stereocenters. The smallest absolute Gasteiger partial charge is 0.224 e. The van der Waals surface area contributed by atoms with Gasteiger partial charge in [-0.05, 0) is 24.1 Å². The van der Waals surface area contributed by atoms with Crippen LogP contribution >= 0.6 is 0 Å². The third-order valence-electron chi connectivity index (χ3n) is 3.46. The summed E-state index contributed by atoms with van der Waals surface area (Å²) in [6.07, 6.45) is 7.57. The van der Waals surface area contributed by atoms with E-state index in [1.807, 2.05) is 0 Å². The van der Waals surface area contributed by atoms with Crippen LogP contribution in [-0.4, -0.2) is 24.7 Å². The monoisotopic (exact) mass is 293 g/mol. The minimum atomic E-state index is -0.00637. The lowest BCUT2D eigenvalue weighted by Crippen LogP contribution is -2.26. The number of hydrogen-bond donors (Lipinski definition) is 2. The van der Waals surface area contributed by atoms with Gasteiger partial charge in [-0.25, -0.2) is 0 Å². The molecular weight excluding hydrogens is 266 g/mol. The average Bonchev–Trinajstić information content (AvgIpc) is 2.46. The summed E-state index contributed by atoms with van der Waals surface area (Å²) in [6, 6.07) is 5.04. The van der Waals surface area contributed by atoms with Crippen molar-refractivity contribution in [3.63, 3.8) is 0 Å². The van der Waals surface area contributed by atoms with Gasteiger partial charge in [-0.3, -0.25) is 4.79 Å². The number of benzene rings is 1. The number of phenols is 1. The first kappa shape index (κ1) is 17.3. The number of methoxy groups -OCH3 is 1. The van der Waals surface area contributed by atoms with Gasteiger partial charge in [-0.15, -0.1) is 0 Å². The highest BCUT2D eigenvalue weighted by Gasteiger charge is 2.06. The Balaban J connectivity index is 2.20. The van der Waals surface area contributed by atoms with Crippen molar-refractivity contribution < 1.29 is 14.6 Å². The van der Waals surface area contributed by atoms with Crippen LogP contribution in [-0.2, 0) is 11.2 Å². The van der Waals surface area contributed by atoms with Crippen LogP contribution in [0.5, 0.6) is 11.5 Å². The molecule has 0 fully saturated rings. The summed E-state index contributed by atoms with van der Waals surface area (Å²) in [6.45, 7) is 2.93. The molecule has 21 heavy (non-hydrogen) atoms. The predicted molar refractivity (Wildman–Crippen MR) is 84.7 cm³/mol. The van der Waals surface area contributed by atoms with Crippen LogP contribution in [0, 0.1) is 0 Å². The Morgan fingerprint density at radius 2 is 1.90 bits per heavy atom. The molecule has 0 atom stereocenters. The van der Waals surface area contributed by atoms with E-state index in [4.69, 9.17) is 4.74 Å². The third-order valence-corrected chi connectivity index (χ3v) is 3.46. The van der Waals surface area contributed by atoms with E-state index in [0.29, 0.717) is 5.75 Å². The number of amides is 1. The molecule has 0 saturated heterocycles. The maximum atomic E-state index is 11.8. The van der Waals surface area contributed by atoms with Crippen LogP contribution in [0.25, 0.3) is 0 Å². The zero-order chi connectivity index (χ0) is 15.5. The van der Waals surface area contributed by atoms with Gasteiger partial charge in [-0.1, -0.05) is 45.1 Å². The van der Waals surface area contributed by atoms with Crippen LogP contribution < -0.4 is 10.1 Å². The number of rotatable bonds is 10. The molecule has 0 aliphatic carbocycles. The number of phenolic OH excluding ortho intramolecular Hbond substituents is 1. The van der Waals surface area contributed by atoms with Gasteiger partial charge >= 0.3 is 0 Å². The fourth-order valence-corrected chi connectivity index (χ4v) is 2.23. The predicted octanol–water partition coefficient (Wildman–Crippen LogP) is 3.42. The molecule has 118 valence electrons. The maximum Gasteiger partial charge on any atom is 0.224 e. The summed E-state index contributed by atoms with van der Waals surface area (Å²) >= 11 is 0. The summed E-state index contributed by atoms with van der Waals surface area (Å²) in [5.74, 6) is 0.484. The molecule has 0 radical (unpaired) electrons. The number of nitrogens with one attached hydrogen (secondary N) is 1. The minimum absolute atomic E-state index is 0.00637. The van der Waals surface area contributed by atoms with Crippen molar-refractivity contribution in [3.05, 3.63) is 23.8 Å². The minimum Gasteiger partial charge on any atom is -0.504 e. The summed E-state index contributed by atoms with van der Waals surface area (Å²) in [5, 5.41) is 12.6. The number of unbranched alkanes of at least 4 members (excludes halogenated alkanes) is 5. The standard InChI is InChI=1S/C17H27NO3/c1-3-4-5-6-7-8-11-18-17(20)13-14-9-10-16(21-2)15(19)12-14/h9-10,12,19H,3-8,11,13H2,1-2H3,(H,18,20). The molecule has 0 saturated carbocycles. The van der Waals surface area contributed by atoms with E-state index < -0.39 is 0 Å². The van der Waals surface area contributed by atoms with Crippen LogP contribution in [0.15, 0.2) is 18.2 Å². The molecule has 4 nitrogen and oxygen atoms in total. The Morgan fingerprint density at radius 1 is 1.19 bits per heavy atom. The van der Waals surface area contributed by atoms with Crippen molar-refractivity contribution in [1.29, 1.82) is 0 Å². The Labute approximate surface area is 127 Å². The molecule has 0 aliphatic heterocycles. The van der Waals surface area contributed by atoms with Crippen molar-refractivity contribution >= 4 is 5.91 Å². The SMILES string of the molecule is CCCCCCCCNC(=O)Cc1ccc(OC)c(O)c1. The maximum absolute atomic E-state index is 11.8.